The second kappa shape index (κ2) is 8.62. The Morgan fingerprint density at radius 1 is 1.33 bits per heavy atom. The summed E-state index contributed by atoms with van der Waals surface area (Å²) in [5.41, 5.74) is 0.874. The predicted molar refractivity (Wildman–Crippen MR) is 81.9 cm³/mol. The number of ether oxygens (including phenoxy) is 1. The second-order valence-electron chi connectivity index (χ2n) is 5.29. The molecule has 0 saturated heterocycles. The van der Waals surface area contributed by atoms with Crippen LogP contribution in [0.15, 0.2) is 18.2 Å². The third-order valence-corrected chi connectivity index (χ3v) is 3.00. The third kappa shape index (κ3) is 6.12. The van der Waals surface area contributed by atoms with E-state index >= 15 is 0 Å². The number of halogens is 1. The zero-order chi connectivity index (χ0) is 15.8. The molecule has 1 aromatic carbocycles. The van der Waals surface area contributed by atoms with E-state index in [1.807, 2.05) is 33.8 Å². The lowest BCUT2D eigenvalue weighted by Gasteiger charge is -2.14. The summed E-state index contributed by atoms with van der Waals surface area (Å²) in [5, 5.41) is 5.99. The number of hydrogen-bond donors (Lipinski definition) is 2. The summed E-state index contributed by atoms with van der Waals surface area (Å²) < 4.78 is 19.3. The van der Waals surface area contributed by atoms with E-state index in [1.165, 1.54) is 6.07 Å². The van der Waals surface area contributed by atoms with Crippen molar-refractivity contribution < 1.29 is 13.9 Å². The molecule has 0 aliphatic heterocycles. The molecular formula is C16H25FN2O2. The SMILES string of the molecule is CCNC(C)c1ccc(OCCC(=O)NC(C)C)c(F)c1. The van der Waals surface area contributed by atoms with Gasteiger partial charge in [0, 0.05) is 12.1 Å². The fraction of sp³-hybridized carbons (Fsp3) is 0.562. The first kappa shape index (κ1) is 17.4. The first-order valence-electron chi connectivity index (χ1n) is 7.39. The summed E-state index contributed by atoms with van der Waals surface area (Å²) >= 11 is 0. The second-order valence-corrected chi connectivity index (χ2v) is 5.29. The van der Waals surface area contributed by atoms with Crippen molar-refractivity contribution in [2.24, 2.45) is 0 Å². The van der Waals surface area contributed by atoms with Crippen molar-refractivity contribution in [1.29, 1.82) is 0 Å². The molecule has 2 N–H and O–H groups in total. The third-order valence-electron chi connectivity index (χ3n) is 3.00. The van der Waals surface area contributed by atoms with Crippen molar-refractivity contribution in [1.82, 2.24) is 10.6 Å². The largest absolute Gasteiger partial charge is 0.490 e. The zero-order valence-electron chi connectivity index (χ0n) is 13.2. The molecule has 1 rings (SSSR count). The highest BCUT2D eigenvalue weighted by Crippen LogP contribution is 2.22. The van der Waals surface area contributed by atoms with Crippen LogP contribution in [0.2, 0.25) is 0 Å². The molecule has 1 atom stereocenters. The van der Waals surface area contributed by atoms with Crippen LogP contribution < -0.4 is 15.4 Å². The van der Waals surface area contributed by atoms with Gasteiger partial charge >= 0.3 is 0 Å². The normalized spacial score (nSPS) is 12.3. The predicted octanol–water partition coefficient (Wildman–Crippen LogP) is 2.79. The van der Waals surface area contributed by atoms with E-state index in [2.05, 4.69) is 10.6 Å². The average molecular weight is 296 g/mol. The fourth-order valence-electron chi connectivity index (χ4n) is 1.98. The van der Waals surface area contributed by atoms with Gasteiger partial charge in [-0.05, 0) is 45.0 Å². The first-order chi connectivity index (χ1) is 9.93. The van der Waals surface area contributed by atoms with Gasteiger partial charge in [-0.2, -0.15) is 0 Å². The summed E-state index contributed by atoms with van der Waals surface area (Å²) in [6, 6.07) is 5.10. The molecule has 0 bridgehead atoms. The Balaban J connectivity index is 2.51. The van der Waals surface area contributed by atoms with Gasteiger partial charge in [-0.3, -0.25) is 4.79 Å². The Morgan fingerprint density at radius 3 is 2.62 bits per heavy atom. The molecule has 0 aromatic heterocycles. The Kier molecular flexibility index (Phi) is 7.15. The van der Waals surface area contributed by atoms with Crippen LogP contribution in [0.3, 0.4) is 0 Å². The minimum atomic E-state index is -0.401. The van der Waals surface area contributed by atoms with Crippen molar-refractivity contribution in [2.75, 3.05) is 13.2 Å². The van der Waals surface area contributed by atoms with Crippen molar-refractivity contribution in [3.05, 3.63) is 29.6 Å². The van der Waals surface area contributed by atoms with E-state index < -0.39 is 5.82 Å². The molecule has 0 aliphatic rings. The van der Waals surface area contributed by atoms with E-state index in [1.54, 1.807) is 6.07 Å². The molecule has 0 radical (unpaired) electrons. The van der Waals surface area contributed by atoms with E-state index in [4.69, 9.17) is 4.74 Å². The summed E-state index contributed by atoms with van der Waals surface area (Å²) in [7, 11) is 0. The zero-order valence-corrected chi connectivity index (χ0v) is 13.2. The molecule has 0 heterocycles. The van der Waals surface area contributed by atoms with Gasteiger partial charge in [-0.25, -0.2) is 4.39 Å². The molecule has 1 unspecified atom stereocenters. The summed E-state index contributed by atoms with van der Waals surface area (Å²) in [6.45, 7) is 8.76. The average Bonchev–Trinajstić information content (AvgIpc) is 2.40. The quantitative estimate of drug-likeness (QED) is 0.775. The van der Waals surface area contributed by atoms with Crippen LogP contribution in [0.4, 0.5) is 4.39 Å². The maximum absolute atomic E-state index is 13.9. The Labute approximate surface area is 126 Å². The van der Waals surface area contributed by atoms with Crippen LogP contribution in [0.5, 0.6) is 5.75 Å². The smallest absolute Gasteiger partial charge is 0.223 e. The minimum absolute atomic E-state index is 0.0929. The number of carbonyl (C=O) groups excluding carboxylic acids is 1. The van der Waals surface area contributed by atoms with E-state index in [-0.39, 0.29) is 36.8 Å². The van der Waals surface area contributed by atoms with Gasteiger partial charge in [0.05, 0.1) is 13.0 Å². The lowest BCUT2D eigenvalue weighted by atomic mass is 10.1. The first-order valence-corrected chi connectivity index (χ1v) is 7.39. The molecule has 5 heteroatoms. The highest BCUT2D eigenvalue weighted by molar-refractivity contribution is 5.76. The molecule has 0 fully saturated rings. The molecule has 0 aliphatic carbocycles. The van der Waals surface area contributed by atoms with Gasteiger partial charge in [0.2, 0.25) is 5.91 Å². The van der Waals surface area contributed by atoms with E-state index in [0.717, 1.165) is 12.1 Å². The highest BCUT2D eigenvalue weighted by Gasteiger charge is 2.10. The lowest BCUT2D eigenvalue weighted by Crippen LogP contribution is -2.31. The van der Waals surface area contributed by atoms with Crippen LogP contribution in [0.25, 0.3) is 0 Å². The van der Waals surface area contributed by atoms with Crippen molar-refractivity contribution >= 4 is 5.91 Å². The minimum Gasteiger partial charge on any atom is -0.490 e. The van der Waals surface area contributed by atoms with Gasteiger partial charge in [0.25, 0.3) is 0 Å². The van der Waals surface area contributed by atoms with Crippen LogP contribution in [-0.4, -0.2) is 25.1 Å². The molecule has 0 spiro atoms. The van der Waals surface area contributed by atoms with Gasteiger partial charge in [0.1, 0.15) is 0 Å². The molecule has 0 saturated carbocycles. The number of benzene rings is 1. The number of amides is 1. The molecule has 21 heavy (non-hydrogen) atoms. The van der Waals surface area contributed by atoms with Crippen LogP contribution >= 0.6 is 0 Å². The number of rotatable bonds is 8. The number of carbonyl (C=O) groups is 1. The molecule has 4 nitrogen and oxygen atoms in total. The number of nitrogens with one attached hydrogen (secondary N) is 2. The van der Waals surface area contributed by atoms with E-state index in [9.17, 15) is 9.18 Å². The van der Waals surface area contributed by atoms with Gasteiger partial charge in [0.15, 0.2) is 11.6 Å². The Morgan fingerprint density at radius 2 is 2.05 bits per heavy atom. The topological polar surface area (TPSA) is 50.4 Å². The van der Waals surface area contributed by atoms with Gasteiger partial charge < -0.3 is 15.4 Å². The van der Waals surface area contributed by atoms with E-state index in [0.29, 0.717) is 0 Å². The summed E-state index contributed by atoms with van der Waals surface area (Å²) in [6.07, 6.45) is 0.215. The highest BCUT2D eigenvalue weighted by atomic mass is 19.1. The Bertz CT molecular complexity index is 464. The standard InChI is InChI=1S/C16H25FN2O2/c1-5-18-12(4)13-6-7-15(14(17)10-13)21-9-8-16(20)19-11(2)3/h6-7,10-12,18H,5,8-9H2,1-4H3,(H,19,20). The van der Waals surface area contributed by atoms with Gasteiger partial charge in [-0.15, -0.1) is 0 Å². The van der Waals surface area contributed by atoms with Crippen LogP contribution in [0, 0.1) is 5.82 Å². The lowest BCUT2D eigenvalue weighted by molar-refractivity contribution is -0.122. The van der Waals surface area contributed by atoms with Crippen molar-refractivity contribution in [3.63, 3.8) is 0 Å². The molecule has 1 aromatic rings. The van der Waals surface area contributed by atoms with Gasteiger partial charge in [-0.1, -0.05) is 13.0 Å². The molecule has 1 amide bonds. The van der Waals surface area contributed by atoms with Crippen molar-refractivity contribution in [2.45, 2.75) is 46.2 Å². The molecular weight excluding hydrogens is 271 g/mol. The maximum Gasteiger partial charge on any atom is 0.223 e. The molecule has 118 valence electrons. The van der Waals surface area contributed by atoms with Crippen LogP contribution in [-0.2, 0) is 4.79 Å². The number of hydrogen-bond acceptors (Lipinski definition) is 3. The Hall–Kier alpha value is -1.62. The fourth-order valence-corrected chi connectivity index (χ4v) is 1.98. The maximum atomic E-state index is 13.9. The summed E-state index contributed by atoms with van der Waals surface area (Å²) in [4.78, 5) is 11.5. The monoisotopic (exact) mass is 296 g/mol. The summed E-state index contributed by atoms with van der Waals surface area (Å²) in [5.74, 6) is -0.316. The van der Waals surface area contributed by atoms with Crippen LogP contribution in [0.1, 0.15) is 45.7 Å². The van der Waals surface area contributed by atoms with Crippen molar-refractivity contribution in [3.8, 4) is 5.75 Å².